The van der Waals surface area contributed by atoms with E-state index in [9.17, 15) is 22.8 Å². The van der Waals surface area contributed by atoms with Gasteiger partial charge in [-0.1, -0.05) is 19.1 Å². The maximum Gasteiger partial charge on any atom is 0.446 e. The molecule has 0 radical (unpaired) electrons. The minimum atomic E-state index is -4.33. The average Bonchev–Trinajstić information content (AvgIpc) is 2.53. The zero-order valence-electron chi connectivity index (χ0n) is 13.5. The third-order valence-corrected chi connectivity index (χ3v) is 4.18. The predicted octanol–water partition coefficient (Wildman–Crippen LogP) is 3.80. The Bertz CT molecular complexity index is 804. The molecule has 0 amide bonds. The number of ketones is 1. The highest BCUT2D eigenvalue weighted by atomic mass is 32.2. The van der Waals surface area contributed by atoms with Crippen LogP contribution in [0, 0.1) is 0 Å². The second-order valence-electron chi connectivity index (χ2n) is 5.37. The maximum absolute atomic E-state index is 12.3. The number of carbonyl (C=O) groups excluding carboxylic acids is 1. The summed E-state index contributed by atoms with van der Waals surface area (Å²) in [7, 11) is 1.57. The van der Waals surface area contributed by atoms with Crippen molar-refractivity contribution in [2.45, 2.75) is 29.7 Å². The van der Waals surface area contributed by atoms with Crippen LogP contribution in [0.1, 0.15) is 35.3 Å². The number of thioether (sulfide) groups is 1. The molecule has 0 saturated heterocycles. The van der Waals surface area contributed by atoms with Gasteiger partial charge in [0.1, 0.15) is 5.69 Å². The summed E-state index contributed by atoms with van der Waals surface area (Å²) in [6.07, 6.45) is 0.0887. The molecular weight excluding hydrogens is 355 g/mol. The highest BCUT2D eigenvalue weighted by Crippen LogP contribution is 2.37. The molecule has 0 aliphatic rings. The molecule has 2 rings (SSSR count). The van der Waals surface area contributed by atoms with Gasteiger partial charge in [0.05, 0.1) is 0 Å². The van der Waals surface area contributed by atoms with Gasteiger partial charge in [-0.05, 0) is 35.4 Å². The van der Waals surface area contributed by atoms with Gasteiger partial charge in [-0.15, -0.1) is 0 Å². The van der Waals surface area contributed by atoms with Crippen LogP contribution >= 0.6 is 11.8 Å². The smallest absolute Gasteiger partial charge is 0.359 e. The lowest BCUT2D eigenvalue weighted by molar-refractivity contribution is -0.0328. The van der Waals surface area contributed by atoms with Crippen LogP contribution in [-0.2, 0) is 0 Å². The van der Waals surface area contributed by atoms with Crippen LogP contribution in [-0.4, -0.2) is 28.3 Å². The van der Waals surface area contributed by atoms with Gasteiger partial charge in [0.25, 0.3) is 5.56 Å². The summed E-state index contributed by atoms with van der Waals surface area (Å²) in [5.41, 5.74) is -3.99. The van der Waals surface area contributed by atoms with E-state index in [1.54, 1.807) is 26.1 Å². The van der Waals surface area contributed by atoms with Crippen molar-refractivity contribution in [3.63, 3.8) is 0 Å². The Hall–Kier alpha value is -2.29. The van der Waals surface area contributed by atoms with E-state index >= 15 is 0 Å². The molecular formula is C16H16F3N3O2S. The third kappa shape index (κ3) is 5.63. The molecule has 9 heteroatoms. The molecule has 0 fully saturated rings. The first-order valence-corrected chi connectivity index (χ1v) is 8.17. The molecule has 1 heterocycles. The Kier molecular flexibility index (Phi) is 5.89. The number of hydrogen-bond donors (Lipinski definition) is 2. The van der Waals surface area contributed by atoms with Crippen molar-refractivity contribution in [1.82, 2.24) is 9.97 Å². The first kappa shape index (κ1) is 19.0. The number of benzene rings is 1. The lowest BCUT2D eigenvalue weighted by Crippen LogP contribution is -2.16. The molecule has 0 aliphatic heterocycles. The number of halogens is 3. The number of alkyl halides is 3. The quantitative estimate of drug-likeness (QED) is 0.597. The van der Waals surface area contributed by atoms with Gasteiger partial charge in [0.2, 0.25) is 5.95 Å². The van der Waals surface area contributed by atoms with Gasteiger partial charge in [0, 0.05) is 24.4 Å². The molecule has 0 saturated carbocycles. The highest BCUT2D eigenvalue weighted by molar-refractivity contribution is 8.00. The van der Waals surface area contributed by atoms with E-state index in [2.05, 4.69) is 15.3 Å². The Labute approximate surface area is 146 Å². The molecule has 5 nitrogen and oxygen atoms in total. The fraction of sp³-hybridized carbons (Fsp3) is 0.312. The number of rotatable bonds is 6. The second-order valence-corrected chi connectivity index (χ2v) is 6.51. The van der Waals surface area contributed by atoms with Gasteiger partial charge in [-0.3, -0.25) is 14.6 Å². The van der Waals surface area contributed by atoms with E-state index in [-0.39, 0.29) is 46.4 Å². The topological polar surface area (TPSA) is 74.8 Å². The number of aromatic amines is 1. The normalized spacial score (nSPS) is 12.7. The van der Waals surface area contributed by atoms with Gasteiger partial charge >= 0.3 is 5.51 Å². The van der Waals surface area contributed by atoms with Crippen LogP contribution in [0.2, 0.25) is 0 Å². The molecule has 0 aliphatic carbocycles. The summed E-state index contributed by atoms with van der Waals surface area (Å²) in [5, 5.41) is 2.66. The van der Waals surface area contributed by atoms with E-state index in [1.807, 2.05) is 0 Å². The van der Waals surface area contributed by atoms with Crippen LogP contribution in [0.5, 0.6) is 0 Å². The third-order valence-electron chi connectivity index (χ3n) is 3.44. The van der Waals surface area contributed by atoms with Gasteiger partial charge in [-0.2, -0.15) is 13.2 Å². The van der Waals surface area contributed by atoms with Crippen molar-refractivity contribution in [3.8, 4) is 0 Å². The Balaban J connectivity index is 2.08. The number of aromatic nitrogens is 2. The highest BCUT2D eigenvalue weighted by Gasteiger charge is 2.29. The summed E-state index contributed by atoms with van der Waals surface area (Å²) in [5.74, 6) is -0.350. The van der Waals surface area contributed by atoms with E-state index < -0.39 is 11.1 Å². The van der Waals surface area contributed by atoms with E-state index in [0.717, 1.165) is 11.6 Å². The zero-order valence-corrected chi connectivity index (χ0v) is 14.3. The lowest BCUT2D eigenvalue weighted by atomic mass is 9.95. The second kappa shape index (κ2) is 7.73. The largest absolute Gasteiger partial charge is 0.446 e. The molecule has 2 aromatic rings. The maximum atomic E-state index is 12.3. The number of nitrogens with zero attached hydrogens (tertiary/aromatic N) is 1. The summed E-state index contributed by atoms with van der Waals surface area (Å²) < 4.78 is 37.0. The van der Waals surface area contributed by atoms with E-state index in [4.69, 9.17) is 0 Å². The summed E-state index contributed by atoms with van der Waals surface area (Å²) in [6.45, 7) is 1.79. The van der Waals surface area contributed by atoms with Crippen molar-refractivity contribution in [3.05, 3.63) is 51.9 Å². The molecule has 0 bridgehead atoms. The predicted molar refractivity (Wildman–Crippen MR) is 90.1 cm³/mol. The van der Waals surface area contributed by atoms with Crippen LogP contribution in [0.4, 0.5) is 19.1 Å². The molecule has 0 spiro atoms. The zero-order chi connectivity index (χ0) is 18.6. The molecule has 0 unspecified atom stereocenters. The van der Waals surface area contributed by atoms with Crippen molar-refractivity contribution < 1.29 is 18.0 Å². The number of hydrogen-bond acceptors (Lipinski definition) is 5. The fourth-order valence-electron chi connectivity index (χ4n) is 2.22. The number of H-pyrrole nitrogens is 1. The Morgan fingerprint density at radius 1 is 1.32 bits per heavy atom. The van der Waals surface area contributed by atoms with Crippen LogP contribution in [0.25, 0.3) is 0 Å². The molecule has 1 atom stereocenters. The molecule has 25 heavy (non-hydrogen) atoms. The van der Waals surface area contributed by atoms with Gasteiger partial charge < -0.3 is 5.32 Å². The van der Waals surface area contributed by atoms with E-state index in [0.29, 0.717) is 0 Å². The molecule has 1 aromatic heterocycles. The number of Topliss-reactive ketones (excluding diaryl/α,β-unsaturated/α-hetero) is 1. The van der Waals surface area contributed by atoms with Crippen molar-refractivity contribution in [1.29, 1.82) is 0 Å². The summed E-state index contributed by atoms with van der Waals surface area (Å²) in [6, 6.07) is 7.00. The van der Waals surface area contributed by atoms with Crippen molar-refractivity contribution in [2.24, 2.45) is 0 Å². The molecule has 1 aromatic carbocycles. The minimum absolute atomic E-state index is 0.0456. The summed E-state index contributed by atoms with van der Waals surface area (Å²) >= 11 is -0.184. The monoisotopic (exact) mass is 371 g/mol. The fourth-order valence-corrected chi connectivity index (χ4v) is 2.76. The number of anilines is 1. The standard InChI is InChI=1S/C16H16F3N3O2S/c1-9(10-3-5-11(6-4-10)25-16(17,18)19)7-13(23)12-8-14(24)22-15(20-2)21-12/h3-6,8-9H,7H2,1-2H3,(H2,20,21,22,24)/t9-/m0/s1. The minimum Gasteiger partial charge on any atom is -0.359 e. The summed E-state index contributed by atoms with van der Waals surface area (Å²) in [4.78, 5) is 30.3. The van der Waals surface area contributed by atoms with Gasteiger partial charge in [-0.25, -0.2) is 4.98 Å². The van der Waals surface area contributed by atoms with Crippen molar-refractivity contribution >= 4 is 23.5 Å². The van der Waals surface area contributed by atoms with Crippen LogP contribution < -0.4 is 10.9 Å². The number of nitrogens with one attached hydrogen (secondary N) is 2. The average molecular weight is 371 g/mol. The Morgan fingerprint density at radius 3 is 2.52 bits per heavy atom. The van der Waals surface area contributed by atoms with Gasteiger partial charge in [0.15, 0.2) is 5.78 Å². The Morgan fingerprint density at radius 2 is 1.96 bits per heavy atom. The van der Waals surface area contributed by atoms with Crippen LogP contribution in [0.15, 0.2) is 40.0 Å². The first-order chi connectivity index (χ1) is 11.7. The first-order valence-electron chi connectivity index (χ1n) is 7.36. The molecule has 134 valence electrons. The van der Waals surface area contributed by atoms with E-state index in [1.165, 1.54) is 12.1 Å². The number of carbonyl (C=O) groups is 1. The molecule has 2 N–H and O–H groups in total. The van der Waals surface area contributed by atoms with Crippen molar-refractivity contribution in [2.75, 3.05) is 12.4 Å². The SMILES string of the molecule is CNc1nc(C(=O)C[C@H](C)c2ccc(SC(F)(F)F)cc2)cc(=O)[nH]1. The van der Waals surface area contributed by atoms with Crippen LogP contribution in [0.3, 0.4) is 0 Å². The lowest BCUT2D eigenvalue weighted by Gasteiger charge is -2.12.